The summed E-state index contributed by atoms with van der Waals surface area (Å²) in [5.41, 5.74) is 6.16. The number of azide groups is 1. The number of H-pyrrole nitrogens is 1. The third kappa shape index (κ3) is 16.2. The van der Waals surface area contributed by atoms with E-state index in [1.165, 1.54) is 0 Å². The number of nitrogens with zero attached hydrogens (tertiary/aromatic N) is 7. The first kappa shape index (κ1) is 48.1. The third-order valence-corrected chi connectivity index (χ3v) is 8.08. The van der Waals surface area contributed by atoms with E-state index in [0.29, 0.717) is 63.9 Å². The summed E-state index contributed by atoms with van der Waals surface area (Å²) < 4.78 is 62.1. The molecule has 0 saturated carbocycles. The van der Waals surface area contributed by atoms with Crippen molar-refractivity contribution in [2.24, 2.45) is 11.0 Å². The summed E-state index contributed by atoms with van der Waals surface area (Å²) in [6, 6.07) is 3.12. The van der Waals surface area contributed by atoms with Crippen LogP contribution in [0.1, 0.15) is 55.6 Å². The number of anilines is 2. The fourth-order valence-electron chi connectivity index (χ4n) is 4.96. The summed E-state index contributed by atoms with van der Waals surface area (Å²) in [5.74, 6) is -5.44. The minimum atomic E-state index is -5.33. The smallest absolute Gasteiger partial charge is 0.467 e. The topological polar surface area (TPSA) is 282 Å². The molecule has 2 aromatic heterocycles. The molecule has 1 atom stereocenters. The van der Waals surface area contributed by atoms with Crippen molar-refractivity contribution in [2.45, 2.75) is 58.3 Å². The van der Waals surface area contributed by atoms with E-state index in [9.17, 15) is 41.9 Å². The van der Waals surface area contributed by atoms with Gasteiger partial charge in [-0.2, -0.15) is 18.2 Å². The Morgan fingerprint density at radius 1 is 0.967 bits per heavy atom. The van der Waals surface area contributed by atoms with Gasteiger partial charge in [0.15, 0.2) is 11.2 Å². The lowest BCUT2D eigenvalue weighted by atomic mass is 10.1. The van der Waals surface area contributed by atoms with E-state index in [1.54, 1.807) is 13.8 Å². The number of alkyl halides is 3. The van der Waals surface area contributed by atoms with E-state index in [1.807, 2.05) is 0 Å². The highest BCUT2D eigenvalue weighted by atomic mass is 19.4. The summed E-state index contributed by atoms with van der Waals surface area (Å²) in [4.78, 5) is 92.5. The number of ether oxygens (including phenoxy) is 4. The maximum atomic E-state index is 13.7. The molecule has 0 unspecified atom stereocenters. The highest BCUT2D eigenvalue weighted by molar-refractivity contribution is 5.99. The molecule has 60 heavy (non-hydrogen) atoms. The van der Waals surface area contributed by atoms with E-state index < -0.39 is 59.8 Å². The molecule has 0 fully saturated rings. The first-order valence-corrected chi connectivity index (χ1v) is 18.6. The lowest BCUT2D eigenvalue weighted by molar-refractivity contribution is -0.170. The molecule has 24 heteroatoms. The van der Waals surface area contributed by atoms with Crippen molar-refractivity contribution >= 4 is 52.4 Å². The largest absolute Gasteiger partial charge is 0.471 e. The Kier molecular flexibility index (Phi) is 19.8. The summed E-state index contributed by atoms with van der Waals surface area (Å²) in [5, 5.41) is 10.9. The van der Waals surface area contributed by atoms with Crippen LogP contribution in [0, 0.1) is 5.92 Å². The van der Waals surface area contributed by atoms with Crippen molar-refractivity contribution in [2.75, 3.05) is 70.1 Å². The summed E-state index contributed by atoms with van der Waals surface area (Å²) in [6.45, 7) is 5.36. The van der Waals surface area contributed by atoms with Gasteiger partial charge in [0.25, 0.3) is 11.5 Å². The molecule has 0 spiro atoms. The van der Waals surface area contributed by atoms with Gasteiger partial charge in [-0.25, -0.2) is 14.8 Å². The number of carbonyl (C=O) groups is 5. The number of methoxy groups -OCH3 is 1. The molecule has 4 amide bonds. The Bertz CT molecular complexity index is 2030. The molecule has 0 aliphatic carbocycles. The van der Waals surface area contributed by atoms with Crippen LogP contribution in [0.3, 0.4) is 0 Å². The number of aromatic amines is 1. The van der Waals surface area contributed by atoms with Gasteiger partial charge < -0.3 is 29.6 Å². The first-order valence-electron chi connectivity index (χ1n) is 18.6. The highest BCUT2D eigenvalue weighted by Crippen LogP contribution is 2.26. The van der Waals surface area contributed by atoms with Gasteiger partial charge in [-0.05, 0) is 49.1 Å². The fourth-order valence-corrected chi connectivity index (χ4v) is 4.96. The normalized spacial score (nSPS) is 11.7. The summed E-state index contributed by atoms with van der Waals surface area (Å²) in [7, 11) is 1.09. The van der Waals surface area contributed by atoms with Gasteiger partial charge in [0.05, 0.1) is 52.0 Å². The zero-order chi connectivity index (χ0) is 44.1. The fraction of sp³-hybridized carbons (Fsp3) is 0.528. The van der Waals surface area contributed by atoms with Crippen LogP contribution < -0.4 is 26.4 Å². The minimum Gasteiger partial charge on any atom is -0.467 e. The van der Waals surface area contributed by atoms with Crippen molar-refractivity contribution in [1.82, 2.24) is 30.6 Å². The number of esters is 1. The van der Waals surface area contributed by atoms with Gasteiger partial charge in [-0.1, -0.05) is 19.0 Å². The van der Waals surface area contributed by atoms with E-state index in [0.717, 1.165) is 37.6 Å². The number of fused-ring (bicyclic) bond motifs is 1. The molecule has 0 saturated heterocycles. The van der Waals surface area contributed by atoms with Crippen molar-refractivity contribution in [3.63, 3.8) is 0 Å². The molecule has 21 nitrogen and oxygen atoms in total. The molecule has 3 rings (SSSR count). The monoisotopic (exact) mass is 849 g/mol. The van der Waals surface area contributed by atoms with E-state index in [4.69, 9.17) is 24.5 Å². The second-order valence-electron chi connectivity index (χ2n) is 13.0. The Labute approximate surface area is 340 Å². The summed E-state index contributed by atoms with van der Waals surface area (Å²) in [6.07, 6.45) is -3.50. The van der Waals surface area contributed by atoms with Gasteiger partial charge in [0, 0.05) is 54.8 Å². The molecule has 2 heterocycles. The zero-order valence-electron chi connectivity index (χ0n) is 33.1. The van der Waals surface area contributed by atoms with Crippen LogP contribution >= 0.6 is 0 Å². The first-order chi connectivity index (χ1) is 28.6. The number of aromatic nitrogens is 4. The van der Waals surface area contributed by atoms with Crippen LogP contribution in [0.15, 0.2) is 40.4 Å². The molecule has 326 valence electrons. The number of rotatable bonds is 25. The Morgan fingerprint density at radius 2 is 1.62 bits per heavy atom. The van der Waals surface area contributed by atoms with Crippen molar-refractivity contribution in [1.29, 1.82) is 0 Å². The lowest BCUT2D eigenvalue weighted by Crippen LogP contribution is -2.42. The van der Waals surface area contributed by atoms with Crippen LogP contribution in [-0.4, -0.2) is 122 Å². The Balaban J connectivity index is 1.52. The number of benzene rings is 1. The van der Waals surface area contributed by atoms with Gasteiger partial charge in [-0.15, -0.1) is 0 Å². The number of amides is 4. The second kappa shape index (κ2) is 24.6. The van der Waals surface area contributed by atoms with E-state index in [-0.39, 0.29) is 53.4 Å². The quantitative estimate of drug-likeness (QED) is 0.0314. The number of hydrogen-bond donors (Lipinski definition) is 4. The van der Waals surface area contributed by atoms with Crippen LogP contribution in [0.25, 0.3) is 21.6 Å². The van der Waals surface area contributed by atoms with Crippen LogP contribution in [0.2, 0.25) is 0 Å². The maximum Gasteiger partial charge on any atom is 0.471 e. The lowest BCUT2D eigenvalue weighted by Gasteiger charge is -2.24. The number of halogens is 3. The van der Waals surface area contributed by atoms with Crippen molar-refractivity contribution in [3.05, 3.63) is 62.5 Å². The molecule has 4 N–H and O–H groups in total. The van der Waals surface area contributed by atoms with Crippen molar-refractivity contribution in [3.8, 4) is 0 Å². The Morgan fingerprint density at radius 3 is 2.23 bits per heavy atom. The Hall–Kier alpha value is -6.23. The maximum absolute atomic E-state index is 13.7. The molecule has 0 aliphatic heterocycles. The standard InChI is InChI=1S/C36H46F3N11O10/c1-22(2)30(52)47-35-46-29-28(32(54)48-35)44-24(20-42-29)21-50(34(56)36(37,38)39)25-8-6-23(7-9-25)31(53)45-26(33(55)57-3)10-11-27(51)41-12-4-14-58-16-18-60-19-17-59-15-5-13-43-49-40/h6-9,20,22,26H,4-5,10-19,21H2,1-3H3,(H,41,51)(H,45,53)(H2,42,46,47,48,52,54)/t26-/m1/s1. The van der Waals surface area contributed by atoms with Crippen LogP contribution in [-0.2, 0) is 44.7 Å². The van der Waals surface area contributed by atoms with Gasteiger partial charge in [0.2, 0.25) is 17.8 Å². The van der Waals surface area contributed by atoms with Crippen LogP contribution in [0.5, 0.6) is 0 Å². The van der Waals surface area contributed by atoms with E-state index >= 15 is 0 Å². The van der Waals surface area contributed by atoms with Gasteiger partial charge in [-0.3, -0.25) is 39.2 Å². The average Bonchev–Trinajstić information content (AvgIpc) is 3.22. The molecule has 1 aromatic carbocycles. The third-order valence-electron chi connectivity index (χ3n) is 8.08. The predicted molar refractivity (Wildman–Crippen MR) is 206 cm³/mol. The molecular weight excluding hydrogens is 803 g/mol. The number of hydrogen-bond acceptors (Lipinski definition) is 14. The number of carbonyl (C=O) groups excluding carboxylic acids is 5. The molecule has 0 radical (unpaired) electrons. The van der Waals surface area contributed by atoms with Crippen molar-refractivity contribution < 1.29 is 56.1 Å². The number of nitrogens with one attached hydrogen (secondary N) is 4. The van der Waals surface area contributed by atoms with Gasteiger partial charge >= 0.3 is 18.1 Å². The van der Waals surface area contributed by atoms with Gasteiger partial charge in [0.1, 0.15) is 6.04 Å². The SMILES string of the molecule is COC(=O)[C@@H](CCC(=O)NCCCOCCOCCOCCCN=[N+]=[N-])NC(=O)c1ccc(N(Cc2cnc3nc(NC(=O)C(C)C)[nH]c(=O)c3n2)C(=O)C(F)(F)F)cc1. The highest BCUT2D eigenvalue weighted by Gasteiger charge is 2.43. The van der Waals surface area contributed by atoms with E-state index in [2.05, 4.69) is 45.9 Å². The molecule has 0 bridgehead atoms. The predicted octanol–water partition coefficient (Wildman–Crippen LogP) is 2.71. The second-order valence-corrected chi connectivity index (χ2v) is 13.0. The summed E-state index contributed by atoms with van der Waals surface area (Å²) >= 11 is 0. The molecule has 0 aliphatic rings. The average molecular weight is 850 g/mol. The van der Waals surface area contributed by atoms with Crippen LogP contribution in [0.4, 0.5) is 24.8 Å². The molecular formula is C36H46F3N11O10. The zero-order valence-corrected chi connectivity index (χ0v) is 33.1. The minimum absolute atomic E-state index is 0.0994. The molecule has 3 aromatic rings.